The highest BCUT2D eigenvalue weighted by Gasteiger charge is 2.10. The molecule has 0 fully saturated rings. The molecule has 0 bridgehead atoms. The quantitative estimate of drug-likeness (QED) is 0.679. The van der Waals surface area contributed by atoms with Crippen LogP contribution in [0, 0.1) is 11.7 Å². The number of carbonyl (C=O) groups excluding carboxylic acids is 1. The van der Waals surface area contributed by atoms with Crippen LogP contribution in [0.2, 0.25) is 0 Å². The Balaban J connectivity index is 1.93. The Morgan fingerprint density at radius 2 is 1.92 bits per heavy atom. The second-order valence-corrected chi connectivity index (χ2v) is 7.09. The summed E-state index contributed by atoms with van der Waals surface area (Å²) in [6.07, 6.45) is 0. The lowest BCUT2D eigenvalue weighted by molar-refractivity contribution is 0.0977. The summed E-state index contributed by atoms with van der Waals surface area (Å²) in [5.74, 6) is 0.261. The zero-order valence-corrected chi connectivity index (χ0v) is 16.2. The minimum absolute atomic E-state index is 0.0198. The average Bonchev–Trinajstić information content (AvgIpc) is 2.56. The standard InChI is InChI=1S/C18H18BrFN2O2S/c1-11(2)10-24-14-6-3-12(4-7-14)17(23)22-18(25)21-16-8-5-13(19)9-15(16)20/h3-9,11H,10H2,1-2H3,(H2,21,22,23,25). The van der Waals surface area contributed by atoms with Gasteiger partial charge in [0.25, 0.3) is 5.91 Å². The van der Waals surface area contributed by atoms with Crippen molar-refractivity contribution in [1.29, 1.82) is 0 Å². The molecule has 2 aromatic rings. The number of hydrogen-bond acceptors (Lipinski definition) is 3. The van der Waals surface area contributed by atoms with Gasteiger partial charge in [0.2, 0.25) is 0 Å². The van der Waals surface area contributed by atoms with E-state index in [0.29, 0.717) is 28.3 Å². The van der Waals surface area contributed by atoms with E-state index in [1.807, 2.05) is 0 Å². The van der Waals surface area contributed by atoms with Crippen molar-refractivity contribution < 1.29 is 13.9 Å². The van der Waals surface area contributed by atoms with Gasteiger partial charge in [-0.15, -0.1) is 0 Å². The van der Waals surface area contributed by atoms with Gasteiger partial charge in [-0.25, -0.2) is 4.39 Å². The van der Waals surface area contributed by atoms with Crippen LogP contribution in [-0.2, 0) is 0 Å². The molecule has 0 spiro atoms. The van der Waals surface area contributed by atoms with Crippen molar-refractivity contribution in [3.63, 3.8) is 0 Å². The molecule has 0 radical (unpaired) electrons. The summed E-state index contributed by atoms with van der Waals surface area (Å²) in [5.41, 5.74) is 0.614. The number of hydrogen-bond donors (Lipinski definition) is 2. The normalized spacial score (nSPS) is 10.4. The molecule has 0 atom stereocenters. The van der Waals surface area contributed by atoms with Gasteiger partial charge in [0.1, 0.15) is 11.6 Å². The molecular formula is C18H18BrFN2O2S. The molecule has 7 heteroatoms. The van der Waals surface area contributed by atoms with Gasteiger partial charge >= 0.3 is 0 Å². The van der Waals surface area contributed by atoms with E-state index in [1.54, 1.807) is 30.3 Å². The average molecular weight is 425 g/mol. The van der Waals surface area contributed by atoms with Crippen molar-refractivity contribution >= 4 is 44.9 Å². The van der Waals surface area contributed by atoms with Crippen LogP contribution < -0.4 is 15.4 Å². The highest BCUT2D eigenvalue weighted by atomic mass is 79.9. The van der Waals surface area contributed by atoms with Crippen molar-refractivity contribution in [2.75, 3.05) is 11.9 Å². The molecule has 4 nitrogen and oxygen atoms in total. The number of ether oxygens (including phenoxy) is 1. The Morgan fingerprint density at radius 1 is 1.24 bits per heavy atom. The maximum Gasteiger partial charge on any atom is 0.257 e. The van der Waals surface area contributed by atoms with Gasteiger partial charge in [0.15, 0.2) is 5.11 Å². The molecular weight excluding hydrogens is 407 g/mol. The second kappa shape index (κ2) is 8.92. The maximum absolute atomic E-state index is 13.8. The Morgan fingerprint density at radius 3 is 2.52 bits per heavy atom. The van der Waals surface area contributed by atoms with E-state index in [9.17, 15) is 9.18 Å². The summed E-state index contributed by atoms with van der Waals surface area (Å²) in [4.78, 5) is 12.2. The molecule has 0 aliphatic rings. The first-order chi connectivity index (χ1) is 11.8. The number of halogens is 2. The third-order valence-corrected chi connectivity index (χ3v) is 3.80. The number of carbonyl (C=O) groups is 1. The van der Waals surface area contributed by atoms with Crippen LogP contribution in [0.25, 0.3) is 0 Å². The lowest BCUT2D eigenvalue weighted by atomic mass is 10.2. The van der Waals surface area contributed by atoms with Gasteiger partial charge in [-0.1, -0.05) is 29.8 Å². The molecule has 0 heterocycles. The fourth-order valence-electron chi connectivity index (χ4n) is 1.89. The summed E-state index contributed by atoms with van der Waals surface area (Å²) in [6, 6.07) is 11.2. The summed E-state index contributed by atoms with van der Waals surface area (Å²) in [5, 5.41) is 5.20. The van der Waals surface area contributed by atoms with Gasteiger partial charge in [0, 0.05) is 10.0 Å². The third kappa shape index (κ3) is 6.10. The van der Waals surface area contributed by atoms with Crippen molar-refractivity contribution in [2.24, 2.45) is 5.92 Å². The summed E-state index contributed by atoms with van der Waals surface area (Å²) < 4.78 is 20.0. The summed E-state index contributed by atoms with van der Waals surface area (Å²) in [7, 11) is 0. The maximum atomic E-state index is 13.8. The number of thiocarbonyl (C=S) groups is 1. The fourth-order valence-corrected chi connectivity index (χ4v) is 2.42. The van der Waals surface area contributed by atoms with Crippen molar-refractivity contribution in [3.05, 3.63) is 58.3 Å². The molecule has 0 aromatic heterocycles. The monoisotopic (exact) mass is 424 g/mol. The molecule has 0 saturated carbocycles. The van der Waals surface area contributed by atoms with Crippen LogP contribution in [0.3, 0.4) is 0 Å². The number of benzene rings is 2. The van der Waals surface area contributed by atoms with E-state index >= 15 is 0 Å². The fraction of sp³-hybridized carbons (Fsp3) is 0.222. The zero-order valence-electron chi connectivity index (χ0n) is 13.8. The number of rotatable bonds is 5. The third-order valence-electron chi connectivity index (χ3n) is 3.11. The topological polar surface area (TPSA) is 50.4 Å². The van der Waals surface area contributed by atoms with E-state index in [2.05, 4.69) is 40.4 Å². The predicted molar refractivity (Wildman–Crippen MR) is 105 cm³/mol. The molecule has 2 N–H and O–H groups in total. The number of nitrogens with one attached hydrogen (secondary N) is 2. The second-order valence-electron chi connectivity index (χ2n) is 5.76. The minimum Gasteiger partial charge on any atom is -0.493 e. The summed E-state index contributed by atoms with van der Waals surface area (Å²) in [6.45, 7) is 4.73. The van der Waals surface area contributed by atoms with Crippen LogP contribution in [0.5, 0.6) is 5.75 Å². The molecule has 2 aromatic carbocycles. The molecule has 0 saturated heterocycles. The lowest BCUT2D eigenvalue weighted by Crippen LogP contribution is -2.34. The molecule has 1 amide bonds. The first-order valence-corrected chi connectivity index (χ1v) is 8.85. The van der Waals surface area contributed by atoms with Crippen molar-refractivity contribution in [1.82, 2.24) is 5.32 Å². The molecule has 0 aliphatic heterocycles. The highest BCUT2D eigenvalue weighted by Crippen LogP contribution is 2.19. The van der Waals surface area contributed by atoms with Gasteiger partial charge in [-0.2, -0.15) is 0 Å². The summed E-state index contributed by atoms with van der Waals surface area (Å²) >= 11 is 8.23. The van der Waals surface area contributed by atoms with Crippen LogP contribution >= 0.6 is 28.1 Å². The Labute approximate surface area is 159 Å². The molecule has 2 rings (SSSR count). The van der Waals surface area contributed by atoms with E-state index in [0.717, 1.165) is 0 Å². The first-order valence-electron chi connectivity index (χ1n) is 7.65. The predicted octanol–water partition coefficient (Wildman–Crippen LogP) is 4.75. The van der Waals surface area contributed by atoms with Crippen LogP contribution in [0.15, 0.2) is 46.9 Å². The molecule has 132 valence electrons. The van der Waals surface area contributed by atoms with Gasteiger partial charge in [0.05, 0.1) is 12.3 Å². The number of anilines is 1. The van der Waals surface area contributed by atoms with E-state index < -0.39 is 5.82 Å². The molecule has 0 unspecified atom stereocenters. The Bertz CT molecular complexity index is 766. The van der Waals surface area contributed by atoms with Gasteiger partial charge < -0.3 is 10.1 Å². The molecule has 25 heavy (non-hydrogen) atoms. The first kappa shape index (κ1) is 19.3. The van der Waals surface area contributed by atoms with Crippen molar-refractivity contribution in [2.45, 2.75) is 13.8 Å². The van der Waals surface area contributed by atoms with Crippen molar-refractivity contribution in [3.8, 4) is 5.75 Å². The number of amides is 1. The van der Waals surface area contributed by atoms with E-state index in [4.69, 9.17) is 17.0 Å². The highest BCUT2D eigenvalue weighted by molar-refractivity contribution is 9.10. The van der Waals surface area contributed by atoms with E-state index in [1.165, 1.54) is 12.1 Å². The lowest BCUT2D eigenvalue weighted by Gasteiger charge is -2.11. The SMILES string of the molecule is CC(C)COc1ccc(C(=O)NC(=S)Nc2ccc(Br)cc2F)cc1. The van der Waals surface area contributed by atoms with E-state index in [-0.39, 0.29) is 16.7 Å². The van der Waals surface area contributed by atoms with Crippen LogP contribution in [0.1, 0.15) is 24.2 Å². The van der Waals surface area contributed by atoms with Crippen LogP contribution in [0.4, 0.5) is 10.1 Å². The van der Waals surface area contributed by atoms with Gasteiger partial charge in [-0.3, -0.25) is 10.1 Å². The molecule has 0 aliphatic carbocycles. The largest absolute Gasteiger partial charge is 0.493 e. The van der Waals surface area contributed by atoms with Crippen LogP contribution in [-0.4, -0.2) is 17.6 Å². The van der Waals surface area contributed by atoms with Gasteiger partial charge in [-0.05, 0) is 60.6 Å². The minimum atomic E-state index is -0.474. The zero-order chi connectivity index (χ0) is 18.4. The smallest absolute Gasteiger partial charge is 0.257 e. The Hall–Kier alpha value is -1.99. The Kier molecular flexibility index (Phi) is 6.90.